The van der Waals surface area contributed by atoms with Crippen molar-refractivity contribution >= 4 is 35.6 Å². The summed E-state index contributed by atoms with van der Waals surface area (Å²) in [5.74, 6) is 0.970. The highest BCUT2D eigenvalue weighted by atomic mass is 127. The van der Waals surface area contributed by atoms with Crippen LogP contribution in [0.5, 0.6) is 0 Å². The number of guanidine groups is 1. The summed E-state index contributed by atoms with van der Waals surface area (Å²) < 4.78 is 10.8. The van der Waals surface area contributed by atoms with Crippen LogP contribution in [0.2, 0.25) is 0 Å². The number of aliphatic imine (C=N–C) groups is 1. The molecule has 0 atom stereocenters. The maximum atomic E-state index is 5.72. The highest BCUT2D eigenvalue weighted by Crippen LogP contribution is 2.14. The molecule has 1 saturated heterocycles. The average Bonchev–Trinajstić information content (AvgIpc) is 2.65. The van der Waals surface area contributed by atoms with Crippen molar-refractivity contribution in [3.8, 4) is 0 Å². The van der Waals surface area contributed by atoms with Crippen LogP contribution in [0.15, 0.2) is 29.3 Å². The first kappa shape index (κ1) is 23.0. The van der Waals surface area contributed by atoms with E-state index in [1.807, 2.05) is 7.05 Å². The summed E-state index contributed by atoms with van der Waals surface area (Å²) in [4.78, 5) is 6.75. The maximum absolute atomic E-state index is 5.72. The lowest BCUT2D eigenvalue weighted by Gasteiger charge is -2.34. The van der Waals surface area contributed by atoms with Crippen LogP contribution in [0, 0.1) is 0 Å². The molecule has 1 fully saturated rings. The SMILES string of the molecule is CCOC1CCN(C(=NC)NCc2ccc(NCCOC)cc2)CC1.I. The molecule has 1 aromatic carbocycles. The zero-order chi connectivity index (χ0) is 17.9. The summed E-state index contributed by atoms with van der Waals surface area (Å²) in [6.07, 6.45) is 2.53. The summed E-state index contributed by atoms with van der Waals surface area (Å²) in [5, 5.41) is 6.79. The Kier molecular flexibility index (Phi) is 11.6. The number of rotatable bonds is 8. The Balaban J connectivity index is 0.00000338. The van der Waals surface area contributed by atoms with Crippen LogP contribution >= 0.6 is 24.0 Å². The second kappa shape index (κ2) is 13.2. The van der Waals surface area contributed by atoms with E-state index in [0.29, 0.717) is 12.7 Å². The molecule has 0 amide bonds. The van der Waals surface area contributed by atoms with Crippen molar-refractivity contribution < 1.29 is 9.47 Å². The second-order valence-electron chi connectivity index (χ2n) is 6.16. The third-order valence-corrected chi connectivity index (χ3v) is 4.40. The van der Waals surface area contributed by atoms with Gasteiger partial charge in [0.05, 0.1) is 12.7 Å². The number of nitrogens with zero attached hydrogens (tertiary/aromatic N) is 2. The molecule has 0 spiro atoms. The number of anilines is 1. The van der Waals surface area contributed by atoms with Gasteiger partial charge in [-0.05, 0) is 37.5 Å². The molecule has 1 aliphatic heterocycles. The van der Waals surface area contributed by atoms with Crippen LogP contribution in [-0.2, 0) is 16.0 Å². The van der Waals surface area contributed by atoms with E-state index in [1.165, 1.54) is 5.56 Å². The number of halogens is 1. The summed E-state index contributed by atoms with van der Waals surface area (Å²) in [5.41, 5.74) is 2.35. The Hall–Kier alpha value is -1.06. The fraction of sp³-hybridized carbons (Fsp3) is 0.632. The number of nitrogens with one attached hydrogen (secondary N) is 2. The van der Waals surface area contributed by atoms with E-state index in [-0.39, 0.29) is 24.0 Å². The number of methoxy groups -OCH3 is 1. The van der Waals surface area contributed by atoms with Crippen LogP contribution in [0.3, 0.4) is 0 Å². The molecular weight excluding hydrogens is 443 g/mol. The van der Waals surface area contributed by atoms with Gasteiger partial charge < -0.3 is 25.0 Å². The van der Waals surface area contributed by atoms with Crippen LogP contribution in [0.1, 0.15) is 25.3 Å². The first-order valence-corrected chi connectivity index (χ1v) is 9.15. The van der Waals surface area contributed by atoms with Gasteiger partial charge in [0, 0.05) is 52.6 Å². The monoisotopic (exact) mass is 476 g/mol. The van der Waals surface area contributed by atoms with Crippen molar-refractivity contribution in [3.05, 3.63) is 29.8 Å². The molecule has 1 aromatic rings. The Morgan fingerprint density at radius 3 is 2.50 bits per heavy atom. The van der Waals surface area contributed by atoms with Crippen molar-refractivity contribution in [2.75, 3.05) is 52.3 Å². The van der Waals surface area contributed by atoms with Gasteiger partial charge in [-0.3, -0.25) is 4.99 Å². The third-order valence-electron chi connectivity index (χ3n) is 4.40. The lowest BCUT2D eigenvalue weighted by Crippen LogP contribution is -2.46. The predicted molar refractivity (Wildman–Crippen MR) is 119 cm³/mol. The predicted octanol–water partition coefficient (Wildman–Crippen LogP) is 2.94. The molecule has 6 nitrogen and oxygen atoms in total. The summed E-state index contributed by atoms with van der Waals surface area (Å²) in [6, 6.07) is 8.47. The smallest absolute Gasteiger partial charge is 0.193 e. The quantitative estimate of drug-likeness (QED) is 0.262. The zero-order valence-electron chi connectivity index (χ0n) is 16.2. The average molecular weight is 476 g/mol. The van der Waals surface area contributed by atoms with Crippen LogP contribution < -0.4 is 10.6 Å². The first-order chi connectivity index (χ1) is 12.3. The third kappa shape index (κ3) is 7.67. The summed E-state index contributed by atoms with van der Waals surface area (Å²) >= 11 is 0. The van der Waals surface area contributed by atoms with Crippen LogP contribution in [-0.4, -0.2) is 64.0 Å². The Morgan fingerprint density at radius 2 is 1.92 bits per heavy atom. The van der Waals surface area contributed by atoms with Gasteiger partial charge in [-0.2, -0.15) is 0 Å². The minimum Gasteiger partial charge on any atom is -0.383 e. The van der Waals surface area contributed by atoms with Gasteiger partial charge in [-0.15, -0.1) is 24.0 Å². The molecule has 0 bridgehead atoms. The number of hydrogen-bond acceptors (Lipinski definition) is 4. The molecule has 0 radical (unpaired) electrons. The molecular formula is C19H33IN4O2. The Bertz CT molecular complexity index is 517. The Labute approximate surface area is 174 Å². The number of likely N-dealkylation sites (tertiary alicyclic amines) is 1. The van der Waals surface area contributed by atoms with Crippen LogP contribution in [0.25, 0.3) is 0 Å². The fourth-order valence-corrected chi connectivity index (χ4v) is 3.02. The molecule has 7 heteroatoms. The van der Waals surface area contributed by atoms with E-state index >= 15 is 0 Å². The van der Waals surface area contributed by atoms with Gasteiger partial charge in [0.2, 0.25) is 0 Å². The van der Waals surface area contributed by atoms with Gasteiger partial charge in [0.1, 0.15) is 0 Å². The standard InChI is InChI=1S/C19H32N4O2.HI/c1-4-25-18-9-12-23(13-10-18)19(20-2)22-15-16-5-7-17(8-6-16)21-11-14-24-3;/h5-8,18,21H,4,9-15H2,1-3H3,(H,20,22);1H. The first-order valence-electron chi connectivity index (χ1n) is 9.15. The van der Waals surface area contributed by atoms with E-state index in [9.17, 15) is 0 Å². The topological polar surface area (TPSA) is 58.1 Å². The molecule has 26 heavy (non-hydrogen) atoms. The van der Waals surface area contributed by atoms with Gasteiger partial charge in [0.25, 0.3) is 0 Å². The number of hydrogen-bond donors (Lipinski definition) is 2. The molecule has 0 unspecified atom stereocenters. The molecule has 1 aliphatic rings. The van der Waals surface area contributed by atoms with E-state index in [1.54, 1.807) is 7.11 Å². The highest BCUT2D eigenvalue weighted by molar-refractivity contribution is 14.0. The van der Waals surface area contributed by atoms with E-state index < -0.39 is 0 Å². The largest absolute Gasteiger partial charge is 0.383 e. The zero-order valence-corrected chi connectivity index (χ0v) is 18.5. The van der Waals surface area contributed by atoms with Gasteiger partial charge >= 0.3 is 0 Å². The fourth-order valence-electron chi connectivity index (χ4n) is 3.02. The van der Waals surface area contributed by atoms with E-state index in [0.717, 1.165) is 57.3 Å². The van der Waals surface area contributed by atoms with Crippen LogP contribution in [0.4, 0.5) is 5.69 Å². The van der Waals surface area contributed by atoms with Crippen molar-refractivity contribution in [1.29, 1.82) is 0 Å². The maximum Gasteiger partial charge on any atom is 0.193 e. The molecule has 2 N–H and O–H groups in total. The highest BCUT2D eigenvalue weighted by Gasteiger charge is 2.21. The van der Waals surface area contributed by atoms with Gasteiger partial charge in [-0.1, -0.05) is 12.1 Å². The number of ether oxygens (including phenoxy) is 2. The van der Waals surface area contributed by atoms with Crippen molar-refractivity contribution in [2.24, 2.45) is 4.99 Å². The number of benzene rings is 1. The minimum absolute atomic E-state index is 0. The van der Waals surface area contributed by atoms with Gasteiger partial charge in [-0.25, -0.2) is 0 Å². The van der Waals surface area contributed by atoms with E-state index in [2.05, 4.69) is 51.7 Å². The van der Waals surface area contributed by atoms with E-state index in [4.69, 9.17) is 9.47 Å². The second-order valence-corrected chi connectivity index (χ2v) is 6.16. The molecule has 2 rings (SSSR count). The lowest BCUT2D eigenvalue weighted by molar-refractivity contribution is 0.0263. The molecule has 1 heterocycles. The van der Waals surface area contributed by atoms with Crippen molar-refractivity contribution in [2.45, 2.75) is 32.4 Å². The summed E-state index contributed by atoms with van der Waals surface area (Å²) in [7, 11) is 3.56. The molecule has 148 valence electrons. The lowest BCUT2D eigenvalue weighted by atomic mass is 10.1. The normalized spacial score (nSPS) is 15.5. The van der Waals surface area contributed by atoms with Gasteiger partial charge in [0.15, 0.2) is 5.96 Å². The molecule has 0 aliphatic carbocycles. The Morgan fingerprint density at radius 1 is 1.23 bits per heavy atom. The van der Waals surface area contributed by atoms with Crippen molar-refractivity contribution in [3.63, 3.8) is 0 Å². The van der Waals surface area contributed by atoms with Crippen molar-refractivity contribution in [1.82, 2.24) is 10.2 Å². The summed E-state index contributed by atoms with van der Waals surface area (Å²) in [6.45, 7) is 7.15. The molecule has 0 aromatic heterocycles. The molecule has 0 saturated carbocycles. The number of piperidine rings is 1. The minimum atomic E-state index is 0.